The number of anilines is 1. The van der Waals surface area contributed by atoms with Crippen molar-refractivity contribution >= 4 is 22.6 Å². The number of aromatic nitrogens is 2. The van der Waals surface area contributed by atoms with Crippen molar-refractivity contribution in [3.8, 4) is 0 Å². The van der Waals surface area contributed by atoms with Crippen molar-refractivity contribution in [3.63, 3.8) is 0 Å². The smallest absolute Gasteiger partial charge is 0.326 e. The number of nitrogens with one attached hydrogen (secondary N) is 1. The lowest BCUT2D eigenvalue weighted by Gasteiger charge is -2.11. The molecule has 0 radical (unpaired) electrons. The molecule has 0 bridgehead atoms. The van der Waals surface area contributed by atoms with Crippen molar-refractivity contribution in [2.75, 3.05) is 5.32 Å². The molecule has 3 rings (SSSR count). The van der Waals surface area contributed by atoms with Crippen LogP contribution in [0.4, 0.5) is 5.13 Å². The average Bonchev–Trinajstić information content (AvgIpc) is 3.14. The first kappa shape index (κ1) is 10.0. The number of rotatable bonds is 5. The summed E-state index contributed by atoms with van der Waals surface area (Å²) < 4.78 is 4.25. The maximum Gasteiger partial charge on any atom is 0.326 e. The van der Waals surface area contributed by atoms with Crippen molar-refractivity contribution in [1.29, 1.82) is 0 Å². The topological polar surface area (TPSA) is 75.1 Å². The molecule has 0 amide bonds. The minimum absolute atomic E-state index is 0.269. The van der Waals surface area contributed by atoms with Crippen LogP contribution in [0.5, 0.6) is 0 Å². The normalized spacial score (nSPS) is 21.8. The molecule has 5 nitrogen and oxygen atoms in total. The van der Waals surface area contributed by atoms with Gasteiger partial charge in [0.05, 0.1) is 0 Å². The van der Waals surface area contributed by atoms with Gasteiger partial charge in [0, 0.05) is 17.5 Å². The summed E-state index contributed by atoms with van der Waals surface area (Å²) in [5.41, 5.74) is 0. The van der Waals surface area contributed by atoms with Gasteiger partial charge in [-0.25, -0.2) is 9.78 Å². The summed E-state index contributed by atoms with van der Waals surface area (Å²) in [5, 5.41) is 12.7. The van der Waals surface area contributed by atoms with E-state index in [1.165, 1.54) is 24.4 Å². The Balaban J connectivity index is 1.68. The second kappa shape index (κ2) is 3.69. The number of carbonyl (C=O) groups is 1. The largest absolute Gasteiger partial charge is 0.480 e. The van der Waals surface area contributed by atoms with Gasteiger partial charge in [-0.3, -0.25) is 0 Å². The number of hydrogen-bond acceptors (Lipinski definition) is 5. The van der Waals surface area contributed by atoms with Crippen LogP contribution in [-0.2, 0) is 4.79 Å². The van der Waals surface area contributed by atoms with E-state index in [9.17, 15) is 4.79 Å². The van der Waals surface area contributed by atoms with E-state index in [1.807, 2.05) is 0 Å². The number of hydrogen-bond donors (Lipinski definition) is 2. The lowest BCUT2D eigenvalue weighted by atomic mass is 10.2. The number of carboxylic acids is 1. The zero-order valence-electron chi connectivity index (χ0n) is 8.72. The predicted octanol–water partition coefficient (Wildman–Crippen LogP) is 1.69. The molecule has 16 heavy (non-hydrogen) atoms. The van der Waals surface area contributed by atoms with Crippen molar-refractivity contribution in [1.82, 2.24) is 9.36 Å². The highest BCUT2D eigenvalue weighted by Gasteiger charge is 2.37. The third kappa shape index (κ3) is 2.02. The van der Waals surface area contributed by atoms with Gasteiger partial charge >= 0.3 is 5.97 Å². The lowest BCUT2D eigenvalue weighted by Crippen LogP contribution is -2.31. The number of nitrogens with zero attached hydrogens (tertiary/aromatic N) is 2. The second-order valence-electron chi connectivity index (χ2n) is 4.53. The monoisotopic (exact) mass is 239 g/mol. The van der Waals surface area contributed by atoms with Gasteiger partial charge in [0.25, 0.3) is 0 Å². The molecule has 1 heterocycles. The van der Waals surface area contributed by atoms with Crippen LogP contribution in [0.15, 0.2) is 0 Å². The Morgan fingerprint density at radius 2 is 2.19 bits per heavy atom. The van der Waals surface area contributed by atoms with Gasteiger partial charge in [-0.15, -0.1) is 0 Å². The zero-order valence-corrected chi connectivity index (χ0v) is 9.54. The fourth-order valence-corrected chi connectivity index (χ4v) is 2.43. The zero-order chi connectivity index (χ0) is 11.1. The molecule has 0 saturated heterocycles. The Bertz CT molecular complexity index is 412. The summed E-state index contributed by atoms with van der Waals surface area (Å²) in [6, 6.07) is -0.486. The molecular formula is C10H13N3O2S. The maximum atomic E-state index is 11.0. The summed E-state index contributed by atoms with van der Waals surface area (Å²) in [7, 11) is 0. The summed E-state index contributed by atoms with van der Waals surface area (Å²) in [6.07, 6.45) is 4.33. The Hall–Kier alpha value is -1.17. The highest BCUT2D eigenvalue weighted by molar-refractivity contribution is 7.09. The first-order valence-corrected chi connectivity index (χ1v) is 6.34. The van der Waals surface area contributed by atoms with Crippen molar-refractivity contribution in [2.24, 2.45) is 5.92 Å². The standard InChI is InChI=1S/C10H13N3O2S/c14-9(15)7(5-1-2-5)11-10-12-8(13-16-10)6-3-4-6/h5-7H,1-4H2,(H,14,15)(H,11,12,13). The van der Waals surface area contributed by atoms with E-state index in [0.29, 0.717) is 11.0 Å². The van der Waals surface area contributed by atoms with E-state index in [1.54, 1.807) is 0 Å². The van der Waals surface area contributed by atoms with E-state index in [2.05, 4.69) is 14.7 Å². The molecule has 86 valence electrons. The SMILES string of the molecule is O=C(O)C(Nc1nc(C2CC2)ns1)C1CC1. The van der Waals surface area contributed by atoms with Crippen LogP contribution >= 0.6 is 11.5 Å². The molecule has 0 spiro atoms. The molecule has 0 aromatic carbocycles. The molecule has 2 saturated carbocycles. The summed E-state index contributed by atoms with van der Waals surface area (Å²) in [5.74, 6) is 0.889. The summed E-state index contributed by atoms with van der Waals surface area (Å²) in [4.78, 5) is 15.4. The quantitative estimate of drug-likeness (QED) is 0.817. The Kier molecular flexibility index (Phi) is 2.31. The predicted molar refractivity (Wildman–Crippen MR) is 59.7 cm³/mol. The van der Waals surface area contributed by atoms with Crippen LogP contribution < -0.4 is 5.32 Å². The van der Waals surface area contributed by atoms with Gasteiger partial charge in [-0.2, -0.15) is 4.37 Å². The van der Waals surface area contributed by atoms with Crippen molar-refractivity contribution < 1.29 is 9.90 Å². The van der Waals surface area contributed by atoms with Crippen LogP contribution in [0.2, 0.25) is 0 Å². The van der Waals surface area contributed by atoms with E-state index >= 15 is 0 Å². The van der Waals surface area contributed by atoms with Gasteiger partial charge in [0.2, 0.25) is 5.13 Å². The molecule has 2 aliphatic rings. The van der Waals surface area contributed by atoms with E-state index in [4.69, 9.17) is 5.11 Å². The van der Waals surface area contributed by atoms with Crippen molar-refractivity contribution in [2.45, 2.75) is 37.6 Å². The molecule has 1 aromatic rings. The molecule has 1 atom stereocenters. The first-order valence-electron chi connectivity index (χ1n) is 5.57. The van der Waals surface area contributed by atoms with Gasteiger partial charge in [-0.05, 0) is 31.6 Å². The number of aliphatic carboxylic acids is 1. The van der Waals surface area contributed by atoms with E-state index in [-0.39, 0.29) is 5.92 Å². The number of carboxylic acid groups (broad SMARTS) is 1. The van der Waals surface area contributed by atoms with Gasteiger partial charge in [0.1, 0.15) is 11.9 Å². The molecule has 0 aliphatic heterocycles. The first-order chi connectivity index (χ1) is 7.74. The van der Waals surface area contributed by atoms with Crippen LogP contribution in [0.1, 0.15) is 37.4 Å². The molecule has 2 aliphatic carbocycles. The minimum Gasteiger partial charge on any atom is -0.480 e. The Morgan fingerprint density at radius 1 is 1.44 bits per heavy atom. The van der Waals surface area contributed by atoms with Crippen LogP contribution in [0.3, 0.4) is 0 Å². The lowest BCUT2D eigenvalue weighted by molar-refractivity contribution is -0.138. The fourth-order valence-electron chi connectivity index (χ4n) is 1.74. The van der Waals surface area contributed by atoms with Crippen LogP contribution in [0.25, 0.3) is 0 Å². The van der Waals surface area contributed by atoms with E-state index in [0.717, 1.165) is 18.7 Å². The summed E-state index contributed by atoms with van der Waals surface area (Å²) >= 11 is 1.27. The minimum atomic E-state index is -0.786. The fraction of sp³-hybridized carbons (Fsp3) is 0.700. The highest BCUT2D eigenvalue weighted by atomic mass is 32.1. The molecule has 1 unspecified atom stereocenters. The average molecular weight is 239 g/mol. The molecule has 2 fully saturated rings. The highest BCUT2D eigenvalue weighted by Crippen LogP contribution is 2.40. The van der Waals surface area contributed by atoms with Crippen molar-refractivity contribution in [3.05, 3.63) is 5.82 Å². The molecule has 1 aromatic heterocycles. The molecule has 2 N–H and O–H groups in total. The van der Waals surface area contributed by atoms with Gasteiger partial charge in [0.15, 0.2) is 0 Å². The second-order valence-corrected chi connectivity index (χ2v) is 5.28. The Labute approximate surface area is 97.1 Å². The van der Waals surface area contributed by atoms with Gasteiger partial charge in [-0.1, -0.05) is 0 Å². The maximum absolute atomic E-state index is 11.0. The third-order valence-corrected chi connectivity index (χ3v) is 3.68. The van der Waals surface area contributed by atoms with Gasteiger partial charge < -0.3 is 10.4 Å². The summed E-state index contributed by atoms with van der Waals surface area (Å²) in [6.45, 7) is 0. The third-order valence-electron chi connectivity index (χ3n) is 3.02. The van der Waals surface area contributed by atoms with Crippen LogP contribution in [-0.4, -0.2) is 26.5 Å². The molecule has 6 heteroatoms. The van der Waals surface area contributed by atoms with E-state index < -0.39 is 12.0 Å². The van der Waals surface area contributed by atoms with Crippen LogP contribution in [0, 0.1) is 5.92 Å². The molecular weight excluding hydrogens is 226 g/mol. The Morgan fingerprint density at radius 3 is 2.75 bits per heavy atom.